The van der Waals surface area contributed by atoms with Crippen LogP contribution in [0.1, 0.15) is 36.6 Å². The summed E-state index contributed by atoms with van der Waals surface area (Å²) in [5.74, 6) is -3.48. The van der Waals surface area contributed by atoms with E-state index in [9.17, 15) is 23.2 Å². The number of nitrogens with one attached hydrogen (secondary N) is 2. The Morgan fingerprint density at radius 2 is 1.68 bits per heavy atom. The van der Waals surface area contributed by atoms with E-state index in [0.717, 1.165) is 23.9 Å². The number of carbonyl (C=O) groups is 3. The highest BCUT2D eigenvalue weighted by Gasteiger charge is 2.17. The summed E-state index contributed by atoms with van der Waals surface area (Å²) in [6.45, 7) is 0.165. The average molecular weight is 517 g/mol. The van der Waals surface area contributed by atoms with Gasteiger partial charge in [-0.1, -0.05) is 18.2 Å². The summed E-state index contributed by atoms with van der Waals surface area (Å²) in [6, 6.07) is 16.2. The van der Waals surface area contributed by atoms with Crippen molar-refractivity contribution in [3.8, 4) is 11.1 Å². The van der Waals surface area contributed by atoms with Gasteiger partial charge < -0.3 is 21.1 Å². The van der Waals surface area contributed by atoms with E-state index in [1.807, 2.05) is 0 Å². The van der Waals surface area contributed by atoms with Crippen LogP contribution < -0.4 is 16.4 Å². The van der Waals surface area contributed by atoms with Crippen LogP contribution in [0.15, 0.2) is 79.1 Å². The molecular formula is C28H22F2N4O4. The van der Waals surface area contributed by atoms with Crippen molar-refractivity contribution in [2.24, 2.45) is 5.73 Å². The molecule has 8 nitrogen and oxygen atoms in total. The fourth-order valence-corrected chi connectivity index (χ4v) is 3.74. The Labute approximate surface area is 216 Å². The molecule has 0 aliphatic heterocycles. The third-order valence-corrected chi connectivity index (χ3v) is 5.68. The zero-order valence-corrected chi connectivity index (χ0v) is 20.1. The van der Waals surface area contributed by atoms with Crippen LogP contribution in [0.3, 0.4) is 0 Å². The number of halogens is 2. The highest BCUT2D eigenvalue weighted by molar-refractivity contribution is 6.07. The minimum Gasteiger partial charge on any atom is -0.465 e. The third-order valence-electron chi connectivity index (χ3n) is 5.68. The van der Waals surface area contributed by atoms with Crippen LogP contribution in [-0.4, -0.2) is 29.9 Å². The van der Waals surface area contributed by atoms with Crippen LogP contribution in [0.5, 0.6) is 0 Å². The summed E-state index contributed by atoms with van der Waals surface area (Å²) < 4.78 is 32.9. The first-order chi connectivity index (χ1) is 18.3. The Hall–Kier alpha value is -4.96. The Balaban J connectivity index is 1.61. The number of anilines is 2. The number of nitrogens with two attached hydrogens (primary N) is 1. The highest BCUT2D eigenvalue weighted by Crippen LogP contribution is 2.28. The first kappa shape index (κ1) is 26.1. The number of pyridine rings is 1. The molecule has 3 aromatic carbocycles. The van der Waals surface area contributed by atoms with Gasteiger partial charge in [-0.2, -0.15) is 0 Å². The van der Waals surface area contributed by atoms with Gasteiger partial charge in [0.25, 0.3) is 11.8 Å². The van der Waals surface area contributed by atoms with Crippen molar-refractivity contribution in [3.05, 3.63) is 113 Å². The molecule has 10 heteroatoms. The maximum Gasteiger partial charge on any atom is 0.337 e. The van der Waals surface area contributed by atoms with E-state index >= 15 is 0 Å². The fraction of sp³-hybridized carbons (Fsp3) is 0.0714. The molecular weight excluding hydrogens is 494 g/mol. The standard InChI is InChI=1S/C28H22F2N4O4/c1-38-28(37)18-7-8-23(29)22(13-18)27(36)33-20-4-2-3-16(11-20)21-12-17(5-6-19(21)14-31)26(35)34-25-9-10-32-15-24(25)30/h2-13,15H,14,31H2,1H3,(H,33,36)(H,32,34,35). The van der Waals surface area contributed by atoms with Crippen molar-refractivity contribution in [2.75, 3.05) is 17.7 Å². The number of nitrogens with zero attached hydrogens (tertiary/aromatic N) is 1. The van der Waals surface area contributed by atoms with Crippen LogP contribution in [-0.2, 0) is 11.3 Å². The van der Waals surface area contributed by atoms with Crippen molar-refractivity contribution in [2.45, 2.75) is 6.54 Å². The first-order valence-corrected chi connectivity index (χ1v) is 11.3. The highest BCUT2D eigenvalue weighted by atomic mass is 19.1. The first-order valence-electron chi connectivity index (χ1n) is 11.3. The predicted molar refractivity (Wildman–Crippen MR) is 138 cm³/mol. The van der Waals surface area contributed by atoms with Crippen LogP contribution in [0.2, 0.25) is 0 Å². The van der Waals surface area contributed by atoms with Gasteiger partial charge in [-0.15, -0.1) is 0 Å². The van der Waals surface area contributed by atoms with E-state index in [-0.39, 0.29) is 28.9 Å². The number of hydrogen-bond acceptors (Lipinski definition) is 6. The number of amides is 2. The summed E-state index contributed by atoms with van der Waals surface area (Å²) >= 11 is 0. The number of esters is 1. The van der Waals surface area contributed by atoms with Crippen molar-refractivity contribution in [1.29, 1.82) is 0 Å². The van der Waals surface area contributed by atoms with Crippen molar-refractivity contribution < 1.29 is 27.9 Å². The smallest absolute Gasteiger partial charge is 0.337 e. The van der Waals surface area contributed by atoms with Gasteiger partial charge in [-0.3, -0.25) is 14.6 Å². The lowest BCUT2D eigenvalue weighted by Crippen LogP contribution is -2.15. The van der Waals surface area contributed by atoms with Gasteiger partial charge in [0, 0.05) is 24.0 Å². The van der Waals surface area contributed by atoms with Crippen molar-refractivity contribution in [3.63, 3.8) is 0 Å². The molecule has 0 radical (unpaired) electrons. The summed E-state index contributed by atoms with van der Waals surface area (Å²) in [4.78, 5) is 41.0. The normalized spacial score (nSPS) is 10.5. The molecule has 0 aliphatic carbocycles. The molecule has 0 saturated carbocycles. The number of benzene rings is 3. The minimum absolute atomic E-state index is 0.0114. The van der Waals surface area contributed by atoms with E-state index in [4.69, 9.17) is 5.73 Å². The maximum atomic E-state index is 14.3. The number of carbonyl (C=O) groups excluding carboxylic acids is 3. The van der Waals surface area contributed by atoms with Gasteiger partial charge in [-0.25, -0.2) is 13.6 Å². The topological polar surface area (TPSA) is 123 Å². The fourth-order valence-electron chi connectivity index (χ4n) is 3.74. The Morgan fingerprint density at radius 3 is 2.42 bits per heavy atom. The van der Waals surface area contributed by atoms with Gasteiger partial charge in [0.1, 0.15) is 5.82 Å². The average Bonchev–Trinajstić information content (AvgIpc) is 2.93. The van der Waals surface area contributed by atoms with Gasteiger partial charge in [-0.05, 0) is 65.2 Å². The van der Waals surface area contributed by atoms with Crippen LogP contribution in [0, 0.1) is 11.6 Å². The van der Waals surface area contributed by atoms with Crippen LogP contribution in [0.4, 0.5) is 20.2 Å². The summed E-state index contributed by atoms with van der Waals surface area (Å²) in [6.07, 6.45) is 2.36. The molecule has 0 fully saturated rings. The molecule has 0 unspecified atom stereocenters. The lowest BCUT2D eigenvalue weighted by Gasteiger charge is -2.13. The second kappa shape index (κ2) is 11.4. The second-order valence-corrected chi connectivity index (χ2v) is 8.11. The molecule has 0 spiro atoms. The van der Waals surface area contributed by atoms with Crippen molar-refractivity contribution >= 4 is 29.2 Å². The monoisotopic (exact) mass is 516 g/mol. The second-order valence-electron chi connectivity index (χ2n) is 8.11. The summed E-state index contributed by atoms with van der Waals surface area (Å²) in [5.41, 5.74) is 8.15. The quantitative estimate of drug-likeness (QED) is 0.304. The van der Waals surface area contributed by atoms with E-state index in [2.05, 4.69) is 20.4 Å². The number of methoxy groups -OCH3 is 1. The lowest BCUT2D eigenvalue weighted by molar-refractivity contribution is 0.0600. The number of hydrogen-bond donors (Lipinski definition) is 3. The SMILES string of the molecule is COC(=O)c1ccc(F)c(C(=O)Nc2cccc(-c3cc(C(=O)Nc4ccncc4F)ccc3CN)c2)c1. The van der Waals surface area contributed by atoms with Crippen molar-refractivity contribution in [1.82, 2.24) is 4.98 Å². The molecule has 0 aliphatic rings. The van der Waals surface area contributed by atoms with E-state index in [1.54, 1.807) is 42.5 Å². The summed E-state index contributed by atoms with van der Waals surface area (Å²) in [7, 11) is 1.18. The molecule has 0 bridgehead atoms. The molecule has 4 rings (SSSR count). The van der Waals surface area contributed by atoms with E-state index < -0.39 is 29.4 Å². The molecule has 38 heavy (non-hydrogen) atoms. The van der Waals surface area contributed by atoms with E-state index in [0.29, 0.717) is 16.8 Å². The number of aromatic nitrogens is 1. The van der Waals surface area contributed by atoms with E-state index in [1.165, 1.54) is 25.4 Å². The molecule has 0 saturated heterocycles. The molecule has 192 valence electrons. The number of rotatable bonds is 7. The van der Waals surface area contributed by atoms with Gasteiger partial charge in [0.2, 0.25) is 0 Å². The molecule has 4 aromatic rings. The molecule has 0 atom stereocenters. The summed E-state index contributed by atoms with van der Waals surface area (Å²) in [5, 5.41) is 5.13. The minimum atomic E-state index is -0.805. The van der Waals surface area contributed by atoms with Gasteiger partial charge >= 0.3 is 5.97 Å². The lowest BCUT2D eigenvalue weighted by atomic mass is 9.96. The number of ether oxygens (including phenoxy) is 1. The van der Waals surface area contributed by atoms with Crippen LogP contribution >= 0.6 is 0 Å². The zero-order chi connectivity index (χ0) is 27.2. The molecule has 1 aromatic heterocycles. The zero-order valence-electron chi connectivity index (χ0n) is 20.1. The van der Waals surface area contributed by atoms with Gasteiger partial charge in [0.05, 0.1) is 30.1 Å². The largest absolute Gasteiger partial charge is 0.465 e. The molecule has 4 N–H and O–H groups in total. The van der Waals surface area contributed by atoms with Gasteiger partial charge in [0.15, 0.2) is 5.82 Å². The Bertz CT molecular complexity index is 1540. The molecule has 1 heterocycles. The third kappa shape index (κ3) is 5.71. The van der Waals surface area contributed by atoms with Crippen LogP contribution in [0.25, 0.3) is 11.1 Å². The Morgan fingerprint density at radius 1 is 0.895 bits per heavy atom. The molecule has 2 amide bonds. The Kier molecular flexibility index (Phi) is 7.83. The maximum absolute atomic E-state index is 14.3. The predicted octanol–water partition coefficient (Wildman–Crippen LogP) is 4.78.